The molecule has 0 aromatic heterocycles. The average molecular weight is 514 g/mol. The van der Waals surface area contributed by atoms with E-state index >= 15 is 0 Å². The number of ether oxygens (including phenoxy) is 2. The van der Waals surface area contributed by atoms with Crippen LogP contribution in [-0.4, -0.2) is 30.1 Å². The van der Waals surface area contributed by atoms with Gasteiger partial charge in [0.25, 0.3) is 0 Å². The van der Waals surface area contributed by atoms with Gasteiger partial charge in [-0.2, -0.15) is 0 Å². The largest absolute Gasteiger partial charge is 0.490 e. The second kappa shape index (κ2) is 9.76. The number of rotatable bonds is 6. The molecule has 0 saturated heterocycles. The molecule has 0 radical (unpaired) electrons. The van der Waals surface area contributed by atoms with Crippen LogP contribution in [0.3, 0.4) is 0 Å². The zero-order valence-electron chi connectivity index (χ0n) is 23.5. The van der Waals surface area contributed by atoms with Crippen LogP contribution < -0.4 is 9.47 Å². The Morgan fingerprint density at radius 2 is 1.37 bits per heavy atom. The van der Waals surface area contributed by atoms with Gasteiger partial charge in [-0.05, 0) is 53.9 Å². The van der Waals surface area contributed by atoms with Crippen molar-refractivity contribution in [2.75, 3.05) is 13.7 Å². The standard InChI is InChI=1S/C33H39NO4/c1-7-37-28-15-22(13-14-27(28)38-20-21-11-9-8-10-12-21)29-30-23(16-32(2,3)18-25(30)35)34(6)24-17-33(4,5)19-26(36)31(24)29/h8-15,29H,7,16-20H2,1-6H3. The maximum absolute atomic E-state index is 13.7. The fraction of sp³-hybridized carbons (Fsp3) is 0.455. The summed E-state index contributed by atoms with van der Waals surface area (Å²) in [4.78, 5) is 29.7. The third kappa shape index (κ3) is 4.91. The fourth-order valence-corrected chi connectivity index (χ4v) is 6.33. The van der Waals surface area contributed by atoms with Crippen LogP contribution in [0.2, 0.25) is 0 Å². The molecule has 5 rings (SSSR count). The Bertz CT molecular complexity index is 1280. The van der Waals surface area contributed by atoms with Gasteiger partial charge in [-0.3, -0.25) is 9.59 Å². The number of carbonyl (C=O) groups excluding carboxylic acids is 2. The molecule has 2 aromatic rings. The highest BCUT2D eigenvalue weighted by atomic mass is 16.5. The number of nitrogens with zero attached hydrogens (tertiary/aromatic N) is 1. The van der Waals surface area contributed by atoms with Gasteiger partial charge in [0.05, 0.1) is 6.61 Å². The van der Waals surface area contributed by atoms with Gasteiger partial charge in [0, 0.05) is 48.3 Å². The monoisotopic (exact) mass is 513 g/mol. The number of hydrogen-bond donors (Lipinski definition) is 0. The van der Waals surface area contributed by atoms with Crippen molar-refractivity contribution in [2.24, 2.45) is 10.8 Å². The molecule has 0 N–H and O–H groups in total. The molecule has 0 spiro atoms. The van der Waals surface area contributed by atoms with Crippen molar-refractivity contribution in [3.8, 4) is 11.5 Å². The summed E-state index contributed by atoms with van der Waals surface area (Å²) in [5.41, 5.74) is 5.42. The molecule has 0 bridgehead atoms. The maximum atomic E-state index is 13.7. The Balaban J connectivity index is 1.61. The summed E-state index contributed by atoms with van der Waals surface area (Å²) < 4.78 is 12.2. The number of allylic oxidation sites excluding steroid dienone is 4. The Morgan fingerprint density at radius 3 is 1.92 bits per heavy atom. The van der Waals surface area contributed by atoms with Crippen LogP contribution in [0.15, 0.2) is 71.1 Å². The van der Waals surface area contributed by atoms with Crippen LogP contribution in [0.1, 0.15) is 77.3 Å². The van der Waals surface area contributed by atoms with E-state index in [0.717, 1.165) is 46.5 Å². The molecule has 5 nitrogen and oxygen atoms in total. The molecule has 38 heavy (non-hydrogen) atoms. The minimum Gasteiger partial charge on any atom is -0.490 e. The SMILES string of the molecule is CCOc1cc(C2C3=C(CC(C)(C)CC3=O)N(C)C3=C2C(=O)CC(C)(C)C3)ccc1OCc1ccccc1. The van der Waals surface area contributed by atoms with Gasteiger partial charge in [-0.25, -0.2) is 0 Å². The van der Waals surface area contributed by atoms with Gasteiger partial charge in [-0.1, -0.05) is 64.1 Å². The van der Waals surface area contributed by atoms with Crippen LogP contribution in [0, 0.1) is 10.8 Å². The van der Waals surface area contributed by atoms with Gasteiger partial charge < -0.3 is 14.4 Å². The lowest BCUT2D eigenvalue weighted by molar-refractivity contribution is -0.119. The van der Waals surface area contributed by atoms with Crippen molar-refractivity contribution < 1.29 is 19.1 Å². The number of ketones is 2. The molecular weight excluding hydrogens is 474 g/mol. The van der Waals surface area contributed by atoms with Crippen molar-refractivity contribution in [1.29, 1.82) is 0 Å². The Labute approximate surface area is 226 Å². The molecule has 0 unspecified atom stereocenters. The lowest BCUT2D eigenvalue weighted by atomic mass is 9.64. The predicted molar refractivity (Wildman–Crippen MR) is 149 cm³/mol. The fourth-order valence-electron chi connectivity index (χ4n) is 6.33. The molecule has 0 fully saturated rings. The molecule has 0 atom stereocenters. The first-order chi connectivity index (χ1) is 18.0. The zero-order chi connectivity index (χ0) is 27.2. The highest BCUT2D eigenvalue weighted by Gasteiger charge is 2.48. The summed E-state index contributed by atoms with van der Waals surface area (Å²) in [6, 6.07) is 15.9. The summed E-state index contributed by atoms with van der Waals surface area (Å²) in [5.74, 6) is 1.18. The molecule has 1 aliphatic heterocycles. The van der Waals surface area contributed by atoms with E-state index in [-0.39, 0.29) is 28.3 Å². The maximum Gasteiger partial charge on any atom is 0.162 e. The van der Waals surface area contributed by atoms with E-state index in [1.165, 1.54) is 0 Å². The van der Waals surface area contributed by atoms with E-state index in [1.807, 2.05) is 62.5 Å². The van der Waals surface area contributed by atoms with Crippen LogP contribution in [0.5, 0.6) is 11.5 Å². The van der Waals surface area contributed by atoms with E-state index in [2.05, 4.69) is 32.6 Å². The summed E-state index contributed by atoms with van der Waals surface area (Å²) in [6.07, 6.45) is 2.58. The van der Waals surface area contributed by atoms with Gasteiger partial charge >= 0.3 is 0 Å². The first-order valence-corrected chi connectivity index (χ1v) is 13.7. The molecule has 2 aliphatic carbocycles. The zero-order valence-corrected chi connectivity index (χ0v) is 23.5. The van der Waals surface area contributed by atoms with E-state index in [1.54, 1.807) is 0 Å². The van der Waals surface area contributed by atoms with Gasteiger partial charge in [0.2, 0.25) is 0 Å². The molecule has 1 heterocycles. The number of hydrogen-bond acceptors (Lipinski definition) is 5. The van der Waals surface area contributed by atoms with Gasteiger partial charge in [-0.15, -0.1) is 0 Å². The molecule has 2 aromatic carbocycles. The minimum absolute atomic E-state index is 0.118. The van der Waals surface area contributed by atoms with Crippen molar-refractivity contribution in [3.63, 3.8) is 0 Å². The lowest BCUT2D eigenvalue weighted by Gasteiger charge is -2.47. The van der Waals surface area contributed by atoms with Crippen molar-refractivity contribution in [1.82, 2.24) is 4.90 Å². The third-order valence-electron chi connectivity index (χ3n) is 8.02. The first kappa shape index (κ1) is 26.3. The highest BCUT2D eigenvalue weighted by Crippen LogP contribution is 2.54. The van der Waals surface area contributed by atoms with Crippen LogP contribution in [0.4, 0.5) is 0 Å². The number of benzene rings is 2. The van der Waals surface area contributed by atoms with Crippen LogP contribution in [0.25, 0.3) is 0 Å². The van der Waals surface area contributed by atoms with Crippen LogP contribution in [-0.2, 0) is 16.2 Å². The van der Waals surface area contributed by atoms with Crippen LogP contribution >= 0.6 is 0 Å². The predicted octanol–water partition coefficient (Wildman–Crippen LogP) is 6.98. The number of carbonyl (C=O) groups is 2. The quantitative estimate of drug-likeness (QED) is 0.417. The van der Waals surface area contributed by atoms with Gasteiger partial charge in [0.15, 0.2) is 23.1 Å². The van der Waals surface area contributed by atoms with E-state index in [0.29, 0.717) is 37.6 Å². The Kier molecular flexibility index (Phi) is 6.75. The normalized spacial score (nSPS) is 20.8. The van der Waals surface area contributed by atoms with E-state index < -0.39 is 0 Å². The Morgan fingerprint density at radius 1 is 0.789 bits per heavy atom. The van der Waals surface area contributed by atoms with Crippen molar-refractivity contribution >= 4 is 11.6 Å². The smallest absolute Gasteiger partial charge is 0.162 e. The summed E-state index contributed by atoms with van der Waals surface area (Å²) >= 11 is 0. The highest BCUT2D eigenvalue weighted by molar-refractivity contribution is 6.06. The van der Waals surface area contributed by atoms with Crippen molar-refractivity contribution in [2.45, 2.75) is 72.8 Å². The second-order valence-corrected chi connectivity index (χ2v) is 12.5. The van der Waals surface area contributed by atoms with Gasteiger partial charge in [0.1, 0.15) is 6.61 Å². The molecule has 0 saturated carbocycles. The Hall–Kier alpha value is -3.34. The summed E-state index contributed by atoms with van der Waals surface area (Å²) in [7, 11) is 2.04. The van der Waals surface area contributed by atoms with Crippen molar-refractivity contribution in [3.05, 3.63) is 82.2 Å². The third-order valence-corrected chi connectivity index (χ3v) is 8.02. The molecular formula is C33H39NO4. The first-order valence-electron chi connectivity index (χ1n) is 13.7. The molecule has 0 amide bonds. The number of Topliss-reactive ketones (excluding diaryl/α,β-unsaturated/α-hetero) is 2. The second-order valence-electron chi connectivity index (χ2n) is 12.5. The molecule has 5 heteroatoms. The topological polar surface area (TPSA) is 55.8 Å². The molecule has 200 valence electrons. The summed E-state index contributed by atoms with van der Waals surface area (Å²) in [6.45, 7) is 11.5. The lowest BCUT2D eigenvalue weighted by Crippen LogP contribution is -2.43. The summed E-state index contributed by atoms with van der Waals surface area (Å²) in [5, 5.41) is 0. The van der Waals surface area contributed by atoms with E-state index in [9.17, 15) is 9.59 Å². The average Bonchev–Trinajstić information content (AvgIpc) is 2.84. The molecule has 3 aliphatic rings. The van der Waals surface area contributed by atoms with E-state index in [4.69, 9.17) is 9.47 Å². The minimum atomic E-state index is -0.384.